The first-order valence-electron chi connectivity index (χ1n) is 8.51. The maximum Gasteiger partial charge on any atom is 0.251 e. The Balaban J connectivity index is 1.87. The van der Waals surface area contributed by atoms with Crippen LogP contribution in [0.2, 0.25) is 0 Å². The molecule has 0 saturated carbocycles. The summed E-state index contributed by atoms with van der Waals surface area (Å²) in [5, 5.41) is 5.79. The highest BCUT2D eigenvalue weighted by Crippen LogP contribution is 2.13. The van der Waals surface area contributed by atoms with E-state index in [0.717, 1.165) is 12.8 Å². The minimum Gasteiger partial charge on any atom is -0.381 e. The van der Waals surface area contributed by atoms with Gasteiger partial charge in [0.25, 0.3) is 5.91 Å². The average molecular weight is 333 g/mol. The molecule has 132 valence electrons. The number of hydrogen-bond acceptors (Lipinski definition) is 4. The fourth-order valence-corrected chi connectivity index (χ4v) is 2.67. The third-order valence-electron chi connectivity index (χ3n) is 4.03. The molecule has 0 aliphatic carbocycles. The van der Waals surface area contributed by atoms with Crippen LogP contribution < -0.4 is 16.4 Å². The Morgan fingerprint density at radius 1 is 1.21 bits per heavy atom. The summed E-state index contributed by atoms with van der Waals surface area (Å²) in [6, 6.07) is 6.50. The number of nitrogens with one attached hydrogen (secondary N) is 2. The van der Waals surface area contributed by atoms with Crippen LogP contribution in [-0.2, 0) is 9.53 Å². The van der Waals surface area contributed by atoms with E-state index in [9.17, 15) is 9.59 Å². The normalized spacial score (nSPS) is 16.7. The van der Waals surface area contributed by atoms with Crippen LogP contribution in [-0.4, -0.2) is 37.1 Å². The zero-order chi connectivity index (χ0) is 17.5. The highest BCUT2D eigenvalue weighted by atomic mass is 16.5. The molecule has 0 spiro atoms. The smallest absolute Gasteiger partial charge is 0.251 e. The van der Waals surface area contributed by atoms with Crippen molar-refractivity contribution in [2.75, 3.05) is 18.5 Å². The van der Waals surface area contributed by atoms with Crippen molar-refractivity contribution >= 4 is 17.5 Å². The summed E-state index contributed by atoms with van der Waals surface area (Å²) >= 11 is 0. The SMILES string of the molecule is CC(C)C[C@H](N)C(=O)Nc1ccc(C(=O)NC2CCOCC2)cc1. The number of amides is 2. The van der Waals surface area contributed by atoms with E-state index in [4.69, 9.17) is 10.5 Å². The first kappa shape index (κ1) is 18.4. The van der Waals surface area contributed by atoms with Crippen LogP contribution in [0.4, 0.5) is 5.69 Å². The van der Waals surface area contributed by atoms with Crippen LogP contribution in [0.3, 0.4) is 0 Å². The van der Waals surface area contributed by atoms with Crippen LogP contribution in [0.25, 0.3) is 0 Å². The summed E-state index contributed by atoms with van der Waals surface area (Å²) in [6.07, 6.45) is 2.32. The van der Waals surface area contributed by atoms with E-state index in [2.05, 4.69) is 10.6 Å². The van der Waals surface area contributed by atoms with E-state index in [1.54, 1.807) is 24.3 Å². The molecule has 4 N–H and O–H groups in total. The molecule has 1 heterocycles. The summed E-state index contributed by atoms with van der Waals surface area (Å²) in [7, 11) is 0. The van der Waals surface area contributed by atoms with Gasteiger partial charge in [-0.3, -0.25) is 9.59 Å². The lowest BCUT2D eigenvalue weighted by atomic mass is 10.0. The third-order valence-corrected chi connectivity index (χ3v) is 4.03. The van der Waals surface area contributed by atoms with E-state index < -0.39 is 6.04 Å². The maximum atomic E-state index is 12.2. The van der Waals surface area contributed by atoms with E-state index in [0.29, 0.717) is 36.8 Å². The summed E-state index contributed by atoms with van der Waals surface area (Å²) in [6.45, 7) is 5.43. The van der Waals surface area contributed by atoms with Gasteiger partial charge in [-0.25, -0.2) is 0 Å². The van der Waals surface area contributed by atoms with Crippen LogP contribution >= 0.6 is 0 Å². The number of carbonyl (C=O) groups excluding carboxylic acids is 2. The first-order chi connectivity index (χ1) is 11.5. The van der Waals surface area contributed by atoms with Gasteiger partial charge in [0, 0.05) is 30.5 Å². The van der Waals surface area contributed by atoms with Crippen LogP contribution in [0, 0.1) is 5.92 Å². The Labute approximate surface area is 143 Å². The Kier molecular flexibility index (Phi) is 6.75. The van der Waals surface area contributed by atoms with Gasteiger partial charge in [-0.1, -0.05) is 13.8 Å². The molecule has 6 heteroatoms. The minimum absolute atomic E-state index is 0.101. The summed E-state index contributed by atoms with van der Waals surface area (Å²) < 4.78 is 5.28. The fraction of sp³-hybridized carbons (Fsp3) is 0.556. The highest BCUT2D eigenvalue weighted by molar-refractivity contribution is 5.97. The largest absolute Gasteiger partial charge is 0.381 e. The second-order valence-electron chi connectivity index (χ2n) is 6.66. The second-order valence-corrected chi connectivity index (χ2v) is 6.66. The molecule has 6 nitrogen and oxygen atoms in total. The van der Waals surface area contributed by atoms with Gasteiger partial charge in [-0.15, -0.1) is 0 Å². The number of ether oxygens (including phenoxy) is 1. The monoisotopic (exact) mass is 333 g/mol. The maximum absolute atomic E-state index is 12.2. The number of nitrogens with two attached hydrogens (primary N) is 1. The molecule has 0 bridgehead atoms. The molecule has 2 rings (SSSR count). The molecular weight excluding hydrogens is 306 g/mol. The lowest BCUT2D eigenvalue weighted by Crippen LogP contribution is -2.38. The summed E-state index contributed by atoms with van der Waals surface area (Å²) in [5.41, 5.74) is 7.08. The molecule has 0 radical (unpaired) electrons. The molecule has 1 fully saturated rings. The van der Waals surface area contributed by atoms with Gasteiger partial charge in [-0.05, 0) is 49.4 Å². The predicted molar refractivity (Wildman–Crippen MR) is 93.8 cm³/mol. The lowest BCUT2D eigenvalue weighted by Gasteiger charge is -2.23. The minimum atomic E-state index is -0.526. The van der Waals surface area contributed by atoms with Crippen molar-refractivity contribution in [2.24, 2.45) is 11.7 Å². The van der Waals surface area contributed by atoms with Gasteiger partial charge >= 0.3 is 0 Å². The van der Waals surface area contributed by atoms with Crippen molar-refractivity contribution in [1.82, 2.24) is 5.32 Å². The Morgan fingerprint density at radius 2 is 1.83 bits per heavy atom. The zero-order valence-electron chi connectivity index (χ0n) is 14.4. The van der Waals surface area contributed by atoms with Crippen molar-refractivity contribution in [3.05, 3.63) is 29.8 Å². The van der Waals surface area contributed by atoms with Crippen LogP contribution in [0.5, 0.6) is 0 Å². The first-order valence-corrected chi connectivity index (χ1v) is 8.51. The van der Waals surface area contributed by atoms with Crippen LogP contribution in [0.15, 0.2) is 24.3 Å². The highest BCUT2D eigenvalue weighted by Gasteiger charge is 2.18. The van der Waals surface area contributed by atoms with Crippen molar-refractivity contribution in [3.63, 3.8) is 0 Å². The zero-order valence-corrected chi connectivity index (χ0v) is 14.4. The quantitative estimate of drug-likeness (QED) is 0.741. The number of carbonyl (C=O) groups is 2. The van der Waals surface area contributed by atoms with E-state index in [1.807, 2.05) is 13.8 Å². The van der Waals surface area contributed by atoms with E-state index in [1.165, 1.54) is 0 Å². The standard InChI is InChI=1S/C18H27N3O3/c1-12(2)11-16(19)18(23)21-14-5-3-13(4-6-14)17(22)20-15-7-9-24-10-8-15/h3-6,12,15-16H,7-11,19H2,1-2H3,(H,20,22)(H,21,23)/t16-/m0/s1. The van der Waals surface area contributed by atoms with Gasteiger partial charge in [-0.2, -0.15) is 0 Å². The molecule has 1 aromatic rings. The molecule has 0 unspecified atom stereocenters. The number of benzene rings is 1. The lowest BCUT2D eigenvalue weighted by molar-refractivity contribution is -0.117. The van der Waals surface area contributed by atoms with Gasteiger partial charge in [0.1, 0.15) is 0 Å². The van der Waals surface area contributed by atoms with Gasteiger partial charge < -0.3 is 21.1 Å². The van der Waals surface area contributed by atoms with E-state index in [-0.39, 0.29) is 17.9 Å². The Bertz CT molecular complexity index is 551. The average Bonchev–Trinajstić information content (AvgIpc) is 2.55. The molecule has 0 aromatic heterocycles. The number of rotatable bonds is 6. The van der Waals surface area contributed by atoms with Crippen molar-refractivity contribution in [3.8, 4) is 0 Å². The van der Waals surface area contributed by atoms with E-state index >= 15 is 0 Å². The molecule has 24 heavy (non-hydrogen) atoms. The number of anilines is 1. The second kappa shape index (κ2) is 8.80. The molecule has 1 saturated heterocycles. The van der Waals surface area contributed by atoms with Gasteiger partial charge in [0.2, 0.25) is 5.91 Å². The molecule has 1 aromatic carbocycles. The van der Waals surface area contributed by atoms with Gasteiger partial charge in [0.05, 0.1) is 6.04 Å². The third kappa shape index (κ3) is 5.62. The molecule has 1 aliphatic rings. The van der Waals surface area contributed by atoms with Crippen molar-refractivity contribution < 1.29 is 14.3 Å². The molecule has 1 aliphatic heterocycles. The van der Waals surface area contributed by atoms with Crippen molar-refractivity contribution in [2.45, 2.75) is 45.2 Å². The van der Waals surface area contributed by atoms with Gasteiger partial charge in [0.15, 0.2) is 0 Å². The van der Waals surface area contributed by atoms with Crippen molar-refractivity contribution in [1.29, 1.82) is 0 Å². The fourth-order valence-electron chi connectivity index (χ4n) is 2.67. The topological polar surface area (TPSA) is 93.5 Å². The Morgan fingerprint density at radius 3 is 2.42 bits per heavy atom. The predicted octanol–water partition coefficient (Wildman–Crippen LogP) is 1.91. The Hall–Kier alpha value is -1.92. The van der Waals surface area contributed by atoms with Crippen LogP contribution in [0.1, 0.15) is 43.5 Å². The number of hydrogen-bond donors (Lipinski definition) is 3. The molecule has 1 atom stereocenters. The summed E-state index contributed by atoms with van der Waals surface area (Å²) in [4.78, 5) is 24.2. The molecule has 2 amide bonds. The summed E-state index contributed by atoms with van der Waals surface area (Å²) in [5.74, 6) is 0.0569. The molecular formula is C18H27N3O3.